The van der Waals surface area contributed by atoms with E-state index in [0.717, 1.165) is 24.8 Å². The predicted octanol–water partition coefficient (Wildman–Crippen LogP) is 2.10. The second kappa shape index (κ2) is 5.41. The lowest BCUT2D eigenvalue weighted by atomic mass is 9.92. The zero-order valence-corrected chi connectivity index (χ0v) is 11.8. The molecule has 1 heterocycles. The van der Waals surface area contributed by atoms with E-state index in [1.165, 1.54) is 5.69 Å². The Kier molecular flexibility index (Phi) is 3.44. The van der Waals surface area contributed by atoms with Gasteiger partial charge in [0.05, 0.1) is 23.9 Å². The Morgan fingerprint density at radius 2 is 2.19 bits per heavy atom. The molecule has 2 aromatic rings. The maximum atomic E-state index is 12.3. The van der Waals surface area contributed by atoms with E-state index in [2.05, 4.69) is 10.4 Å². The van der Waals surface area contributed by atoms with Crippen molar-refractivity contribution in [3.05, 3.63) is 52.8 Å². The molecule has 1 aromatic heterocycles. The predicted molar refractivity (Wildman–Crippen MR) is 77.5 cm³/mol. The van der Waals surface area contributed by atoms with Crippen molar-refractivity contribution in [3.8, 4) is 6.07 Å². The van der Waals surface area contributed by atoms with Gasteiger partial charge in [-0.1, -0.05) is 0 Å². The van der Waals surface area contributed by atoms with Gasteiger partial charge in [0.25, 0.3) is 5.91 Å². The van der Waals surface area contributed by atoms with Crippen LogP contribution < -0.4 is 5.32 Å². The van der Waals surface area contributed by atoms with Gasteiger partial charge in [-0.25, -0.2) is 0 Å². The molecule has 0 spiro atoms. The lowest BCUT2D eigenvalue weighted by molar-refractivity contribution is 0.0932. The third-order valence-electron chi connectivity index (χ3n) is 3.96. The maximum absolute atomic E-state index is 12.3. The first-order valence-electron chi connectivity index (χ1n) is 7.01. The molecule has 1 aliphatic rings. The minimum atomic E-state index is -0.110. The van der Waals surface area contributed by atoms with Gasteiger partial charge in [0.15, 0.2) is 0 Å². The van der Waals surface area contributed by atoms with Crippen LogP contribution >= 0.6 is 0 Å². The molecule has 1 aliphatic carbocycles. The number of nitrogens with one attached hydrogen (secondary N) is 1. The number of rotatable bonds is 2. The highest BCUT2D eigenvalue weighted by Crippen LogP contribution is 2.29. The van der Waals surface area contributed by atoms with Crippen LogP contribution in [0.1, 0.15) is 46.1 Å². The number of amides is 1. The van der Waals surface area contributed by atoms with Crippen molar-refractivity contribution in [1.82, 2.24) is 15.1 Å². The number of carbonyl (C=O) groups excluding carboxylic acids is 1. The number of nitriles is 1. The van der Waals surface area contributed by atoms with Crippen molar-refractivity contribution in [3.63, 3.8) is 0 Å². The van der Waals surface area contributed by atoms with Crippen LogP contribution in [0.25, 0.3) is 0 Å². The van der Waals surface area contributed by atoms with Crippen LogP contribution in [0.3, 0.4) is 0 Å². The third kappa shape index (κ3) is 2.52. The first kappa shape index (κ1) is 13.4. The molecule has 0 saturated carbocycles. The number of aromatic nitrogens is 2. The number of hydrogen-bond donors (Lipinski definition) is 1. The summed E-state index contributed by atoms with van der Waals surface area (Å²) in [6.45, 7) is 0. The molecule has 0 bridgehead atoms. The maximum Gasteiger partial charge on any atom is 0.251 e. The zero-order chi connectivity index (χ0) is 14.8. The summed E-state index contributed by atoms with van der Waals surface area (Å²) in [7, 11) is 1.93. The molecule has 1 atom stereocenters. The average molecular weight is 280 g/mol. The quantitative estimate of drug-likeness (QED) is 0.915. The monoisotopic (exact) mass is 280 g/mol. The van der Waals surface area contributed by atoms with Crippen molar-refractivity contribution in [2.45, 2.75) is 25.3 Å². The van der Waals surface area contributed by atoms with E-state index >= 15 is 0 Å². The van der Waals surface area contributed by atoms with E-state index < -0.39 is 0 Å². The van der Waals surface area contributed by atoms with Crippen LogP contribution in [-0.4, -0.2) is 15.7 Å². The summed E-state index contributed by atoms with van der Waals surface area (Å²) in [5.74, 6) is -0.110. The molecule has 0 radical (unpaired) electrons. The molecule has 0 saturated heterocycles. The Labute approximate surface area is 123 Å². The zero-order valence-electron chi connectivity index (χ0n) is 11.8. The Morgan fingerprint density at radius 1 is 1.43 bits per heavy atom. The van der Waals surface area contributed by atoms with Gasteiger partial charge in [-0.15, -0.1) is 0 Å². The molecule has 0 aliphatic heterocycles. The van der Waals surface area contributed by atoms with Crippen LogP contribution in [0, 0.1) is 11.3 Å². The fraction of sp³-hybridized carbons (Fsp3) is 0.312. The molecule has 5 nitrogen and oxygen atoms in total. The second-order valence-electron chi connectivity index (χ2n) is 5.28. The molecule has 5 heteroatoms. The van der Waals surface area contributed by atoms with Crippen LogP contribution in [0.5, 0.6) is 0 Å². The molecule has 1 N–H and O–H groups in total. The van der Waals surface area contributed by atoms with E-state index in [1.807, 2.05) is 24.0 Å². The summed E-state index contributed by atoms with van der Waals surface area (Å²) in [6.07, 6.45) is 4.83. The van der Waals surface area contributed by atoms with Gasteiger partial charge in [-0.05, 0) is 43.5 Å². The molecule has 3 rings (SSSR count). The lowest BCUT2D eigenvalue weighted by Crippen LogP contribution is -2.30. The lowest BCUT2D eigenvalue weighted by Gasteiger charge is -2.23. The first-order valence-corrected chi connectivity index (χ1v) is 7.01. The van der Waals surface area contributed by atoms with Gasteiger partial charge in [0.1, 0.15) is 0 Å². The van der Waals surface area contributed by atoms with Crippen molar-refractivity contribution in [2.75, 3.05) is 0 Å². The highest BCUT2D eigenvalue weighted by atomic mass is 16.1. The standard InChI is InChI=1S/C16H16N4O/c1-20-15-4-2-3-14(13(15)10-18-20)19-16(21)12-7-5-11(9-17)6-8-12/h5-8,10,14H,2-4H2,1H3,(H,19,21). The summed E-state index contributed by atoms with van der Waals surface area (Å²) in [5.41, 5.74) is 3.45. The van der Waals surface area contributed by atoms with Gasteiger partial charge >= 0.3 is 0 Å². The van der Waals surface area contributed by atoms with E-state index in [1.54, 1.807) is 24.3 Å². The van der Waals surface area contributed by atoms with E-state index in [-0.39, 0.29) is 11.9 Å². The molecule has 1 amide bonds. The highest BCUT2D eigenvalue weighted by Gasteiger charge is 2.24. The molecular weight excluding hydrogens is 264 g/mol. The van der Waals surface area contributed by atoms with Crippen molar-refractivity contribution < 1.29 is 4.79 Å². The normalized spacial score (nSPS) is 16.9. The van der Waals surface area contributed by atoms with Gasteiger partial charge in [-0.3, -0.25) is 9.48 Å². The highest BCUT2D eigenvalue weighted by molar-refractivity contribution is 5.94. The molecule has 1 unspecified atom stereocenters. The van der Waals surface area contributed by atoms with Crippen LogP contribution in [-0.2, 0) is 13.5 Å². The summed E-state index contributed by atoms with van der Waals surface area (Å²) in [4.78, 5) is 12.3. The van der Waals surface area contributed by atoms with Gasteiger partial charge in [0, 0.05) is 23.9 Å². The molecular formula is C16H16N4O. The Balaban J connectivity index is 1.77. The number of benzene rings is 1. The number of hydrogen-bond acceptors (Lipinski definition) is 3. The molecule has 1 aromatic carbocycles. The van der Waals surface area contributed by atoms with E-state index in [0.29, 0.717) is 11.1 Å². The van der Waals surface area contributed by atoms with Crippen LogP contribution in [0.2, 0.25) is 0 Å². The summed E-state index contributed by atoms with van der Waals surface area (Å²) < 4.78 is 1.88. The molecule has 21 heavy (non-hydrogen) atoms. The Bertz CT molecular complexity index is 709. The number of nitrogens with zero attached hydrogens (tertiary/aromatic N) is 3. The second-order valence-corrected chi connectivity index (χ2v) is 5.28. The van der Waals surface area contributed by atoms with Crippen LogP contribution in [0.15, 0.2) is 30.5 Å². The number of fused-ring (bicyclic) bond motifs is 1. The van der Waals surface area contributed by atoms with Gasteiger partial charge in [0.2, 0.25) is 0 Å². The topological polar surface area (TPSA) is 70.7 Å². The van der Waals surface area contributed by atoms with Gasteiger partial charge in [-0.2, -0.15) is 10.4 Å². The minimum absolute atomic E-state index is 0.0191. The fourth-order valence-electron chi connectivity index (χ4n) is 2.79. The molecule has 106 valence electrons. The summed E-state index contributed by atoms with van der Waals surface area (Å²) in [6, 6.07) is 8.75. The Morgan fingerprint density at radius 3 is 2.90 bits per heavy atom. The average Bonchev–Trinajstić information content (AvgIpc) is 2.90. The summed E-state index contributed by atoms with van der Waals surface area (Å²) >= 11 is 0. The number of carbonyl (C=O) groups is 1. The Hall–Kier alpha value is -2.61. The summed E-state index contributed by atoms with van der Waals surface area (Å²) in [5, 5.41) is 16.1. The largest absolute Gasteiger partial charge is 0.345 e. The number of aryl methyl sites for hydroxylation is 1. The smallest absolute Gasteiger partial charge is 0.251 e. The fourth-order valence-corrected chi connectivity index (χ4v) is 2.79. The molecule has 0 fully saturated rings. The third-order valence-corrected chi connectivity index (χ3v) is 3.96. The van der Waals surface area contributed by atoms with Crippen LogP contribution in [0.4, 0.5) is 0 Å². The van der Waals surface area contributed by atoms with E-state index in [9.17, 15) is 4.79 Å². The minimum Gasteiger partial charge on any atom is -0.345 e. The van der Waals surface area contributed by atoms with E-state index in [4.69, 9.17) is 5.26 Å². The SMILES string of the molecule is Cn1ncc2c1CCCC2NC(=O)c1ccc(C#N)cc1. The van der Waals surface area contributed by atoms with Crippen molar-refractivity contribution >= 4 is 5.91 Å². The first-order chi connectivity index (χ1) is 10.2. The van der Waals surface area contributed by atoms with Crippen molar-refractivity contribution in [2.24, 2.45) is 7.05 Å². The van der Waals surface area contributed by atoms with Gasteiger partial charge < -0.3 is 5.32 Å². The van der Waals surface area contributed by atoms with Crippen molar-refractivity contribution in [1.29, 1.82) is 5.26 Å².